The molecule has 2 aliphatic heterocycles. The number of nitrogens with zero attached hydrogens (tertiary/aromatic N) is 2. The topological polar surface area (TPSA) is 6.48 Å². The van der Waals surface area contributed by atoms with Crippen LogP contribution in [0.1, 0.15) is 19.8 Å². The Hall–Kier alpha value is -0.0800. The van der Waals surface area contributed by atoms with Crippen LogP contribution in [0.5, 0.6) is 0 Å². The first-order valence-electron chi connectivity index (χ1n) is 4.86. The van der Waals surface area contributed by atoms with Crippen molar-refractivity contribution in [1.82, 2.24) is 9.80 Å². The van der Waals surface area contributed by atoms with Crippen LogP contribution in [0.2, 0.25) is 0 Å². The highest BCUT2D eigenvalue weighted by Gasteiger charge is 2.31. The second-order valence-corrected chi connectivity index (χ2v) is 3.75. The fraction of sp³-hybridized carbons (Fsp3) is 1.00. The summed E-state index contributed by atoms with van der Waals surface area (Å²) < 4.78 is 0. The summed E-state index contributed by atoms with van der Waals surface area (Å²) in [6.45, 7) is 8.88. The van der Waals surface area contributed by atoms with Crippen LogP contribution >= 0.6 is 0 Å². The van der Waals surface area contributed by atoms with E-state index in [1.54, 1.807) is 0 Å². The van der Waals surface area contributed by atoms with Gasteiger partial charge < -0.3 is 4.90 Å². The minimum Gasteiger partial charge on any atom is -0.300 e. The molecular weight excluding hydrogens is 136 g/mol. The molecule has 0 saturated carbocycles. The summed E-state index contributed by atoms with van der Waals surface area (Å²) >= 11 is 0. The Morgan fingerprint density at radius 2 is 1.82 bits per heavy atom. The van der Waals surface area contributed by atoms with Crippen molar-refractivity contribution >= 4 is 0 Å². The van der Waals surface area contributed by atoms with Crippen LogP contribution in [0.15, 0.2) is 0 Å². The lowest BCUT2D eigenvalue weighted by Gasteiger charge is -2.43. The molecule has 0 bridgehead atoms. The summed E-state index contributed by atoms with van der Waals surface area (Å²) in [5.74, 6) is 0. The van der Waals surface area contributed by atoms with Crippen molar-refractivity contribution in [2.24, 2.45) is 0 Å². The maximum Gasteiger partial charge on any atom is 0.0350 e. The van der Waals surface area contributed by atoms with E-state index in [4.69, 9.17) is 0 Å². The van der Waals surface area contributed by atoms with Gasteiger partial charge in [0.05, 0.1) is 0 Å². The fourth-order valence-electron chi connectivity index (χ4n) is 2.14. The molecule has 2 rings (SSSR count). The van der Waals surface area contributed by atoms with Crippen LogP contribution in [-0.2, 0) is 0 Å². The molecule has 64 valence electrons. The molecule has 2 aliphatic rings. The van der Waals surface area contributed by atoms with Crippen molar-refractivity contribution in [3.8, 4) is 0 Å². The van der Waals surface area contributed by atoms with Gasteiger partial charge in [-0.1, -0.05) is 6.92 Å². The number of likely N-dealkylation sites (N-methyl/N-ethyl adjacent to an activating group) is 1. The standard InChI is InChI=1S/C9H18N2/c1-2-10-7-9(8-10)11-5-3-4-6-11/h9H,2-8H2,1H3. The molecule has 2 saturated heterocycles. The Kier molecular flexibility index (Phi) is 2.14. The van der Waals surface area contributed by atoms with Crippen LogP contribution in [0.4, 0.5) is 0 Å². The molecule has 0 unspecified atom stereocenters. The fourth-order valence-corrected chi connectivity index (χ4v) is 2.14. The smallest absolute Gasteiger partial charge is 0.0350 e. The second-order valence-electron chi connectivity index (χ2n) is 3.75. The normalized spacial score (nSPS) is 29.2. The third-order valence-electron chi connectivity index (χ3n) is 3.04. The van der Waals surface area contributed by atoms with E-state index in [0.29, 0.717) is 0 Å². The average molecular weight is 154 g/mol. The predicted octanol–water partition coefficient (Wildman–Crippen LogP) is 0.786. The van der Waals surface area contributed by atoms with Crippen LogP contribution in [0, 0.1) is 0 Å². The average Bonchev–Trinajstić information content (AvgIpc) is 2.37. The van der Waals surface area contributed by atoms with E-state index in [9.17, 15) is 0 Å². The van der Waals surface area contributed by atoms with Gasteiger partial charge in [-0.2, -0.15) is 0 Å². The molecule has 0 aromatic carbocycles. The third-order valence-corrected chi connectivity index (χ3v) is 3.04. The largest absolute Gasteiger partial charge is 0.300 e. The first-order chi connectivity index (χ1) is 5.40. The van der Waals surface area contributed by atoms with E-state index >= 15 is 0 Å². The summed E-state index contributed by atoms with van der Waals surface area (Å²) in [5, 5.41) is 0. The molecule has 0 spiro atoms. The lowest BCUT2D eigenvalue weighted by atomic mass is 10.1. The van der Waals surface area contributed by atoms with E-state index in [2.05, 4.69) is 16.7 Å². The number of hydrogen-bond donors (Lipinski definition) is 0. The van der Waals surface area contributed by atoms with Gasteiger partial charge in [0.15, 0.2) is 0 Å². The Labute approximate surface area is 69.2 Å². The Balaban J connectivity index is 1.73. The second kappa shape index (κ2) is 3.11. The highest BCUT2D eigenvalue weighted by Crippen LogP contribution is 2.19. The zero-order chi connectivity index (χ0) is 7.68. The summed E-state index contributed by atoms with van der Waals surface area (Å²) in [6, 6.07) is 0.914. The minimum absolute atomic E-state index is 0.914. The van der Waals surface area contributed by atoms with Crippen molar-refractivity contribution in [1.29, 1.82) is 0 Å². The van der Waals surface area contributed by atoms with Gasteiger partial charge in [-0.15, -0.1) is 0 Å². The Morgan fingerprint density at radius 1 is 1.18 bits per heavy atom. The molecule has 2 heterocycles. The quantitative estimate of drug-likeness (QED) is 0.580. The monoisotopic (exact) mass is 154 g/mol. The van der Waals surface area contributed by atoms with Crippen LogP contribution in [0.25, 0.3) is 0 Å². The summed E-state index contributed by atoms with van der Waals surface area (Å²) in [4.78, 5) is 5.18. The Morgan fingerprint density at radius 3 is 2.36 bits per heavy atom. The summed E-state index contributed by atoms with van der Waals surface area (Å²) in [5.41, 5.74) is 0. The van der Waals surface area contributed by atoms with Gasteiger partial charge in [0.2, 0.25) is 0 Å². The molecule has 0 atom stereocenters. The molecule has 2 fully saturated rings. The lowest BCUT2D eigenvalue weighted by Crippen LogP contribution is -2.58. The highest BCUT2D eigenvalue weighted by molar-refractivity contribution is 4.88. The molecule has 11 heavy (non-hydrogen) atoms. The Bertz CT molecular complexity index is 124. The number of rotatable bonds is 2. The van der Waals surface area contributed by atoms with Gasteiger partial charge in [0.1, 0.15) is 0 Å². The molecular formula is C9H18N2. The maximum absolute atomic E-state index is 2.66. The van der Waals surface area contributed by atoms with Crippen LogP contribution < -0.4 is 0 Å². The van der Waals surface area contributed by atoms with Crippen LogP contribution in [0.3, 0.4) is 0 Å². The highest BCUT2D eigenvalue weighted by atomic mass is 15.3. The zero-order valence-corrected chi connectivity index (χ0v) is 7.42. The lowest BCUT2D eigenvalue weighted by molar-refractivity contribution is 0.0526. The molecule has 2 heteroatoms. The van der Waals surface area contributed by atoms with Crippen molar-refractivity contribution < 1.29 is 0 Å². The van der Waals surface area contributed by atoms with Crippen molar-refractivity contribution in [2.75, 3.05) is 32.7 Å². The van der Waals surface area contributed by atoms with Crippen molar-refractivity contribution in [2.45, 2.75) is 25.8 Å². The molecule has 0 N–H and O–H groups in total. The molecule has 0 amide bonds. The van der Waals surface area contributed by atoms with E-state index in [1.165, 1.54) is 45.6 Å². The van der Waals surface area contributed by atoms with Crippen LogP contribution in [-0.4, -0.2) is 48.6 Å². The maximum atomic E-state index is 2.66. The van der Waals surface area contributed by atoms with E-state index in [1.807, 2.05) is 0 Å². The van der Waals surface area contributed by atoms with Gasteiger partial charge in [0.25, 0.3) is 0 Å². The first-order valence-corrected chi connectivity index (χ1v) is 4.86. The summed E-state index contributed by atoms with van der Waals surface area (Å²) in [6.07, 6.45) is 2.87. The molecule has 0 radical (unpaired) electrons. The molecule has 0 aromatic heterocycles. The van der Waals surface area contributed by atoms with E-state index in [0.717, 1.165) is 6.04 Å². The molecule has 0 aliphatic carbocycles. The molecule has 0 aromatic rings. The first kappa shape index (κ1) is 7.56. The van der Waals surface area contributed by atoms with Gasteiger partial charge >= 0.3 is 0 Å². The summed E-state index contributed by atoms with van der Waals surface area (Å²) in [7, 11) is 0. The number of hydrogen-bond acceptors (Lipinski definition) is 2. The van der Waals surface area contributed by atoms with E-state index in [-0.39, 0.29) is 0 Å². The molecule has 2 nitrogen and oxygen atoms in total. The SMILES string of the molecule is CCN1CC(N2CCCC2)C1. The zero-order valence-electron chi connectivity index (χ0n) is 7.42. The van der Waals surface area contributed by atoms with Crippen molar-refractivity contribution in [3.05, 3.63) is 0 Å². The van der Waals surface area contributed by atoms with Crippen molar-refractivity contribution in [3.63, 3.8) is 0 Å². The van der Waals surface area contributed by atoms with Gasteiger partial charge in [-0.3, -0.25) is 4.90 Å². The number of likely N-dealkylation sites (tertiary alicyclic amines) is 2. The van der Waals surface area contributed by atoms with E-state index < -0.39 is 0 Å². The van der Waals surface area contributed by atoms with Gasteiger partial charge in [0, 0.05) is 19.1 Å². The third kappa shape index (κ3) is 1.42. The minimum atomic E-state index is 0.914. The predicted molar refractivity (Wildman–Crippen MR) is 46.7 cm³/mol. The van der Waals surface area contributed by atoms with Gasteiger partial charge in [-0.05, 0) is 32.5 Å². The van der Waals surface area contributed by atoms with Gasteiger partial charge in [-0.25, -0.2) is 0 Å².